The number of imidazole rings is 1. The summed E-state index contributed by atoms with van der Waals surface area (Å²) in [5, 5.41) is 8.03. The Morgan fingerprint density at radius 1 is 1.17 bits per heavy atom. The van der Waals surface area contributed by atoms with Crippen molar-refractivity contribution in [2.24, 2.45) is 0 Å². The molecule has 4 heterocycles. The average Bonchev–Trinajstić information content (AvgIpc) is 3.59. The summed E-state index contributed by atoms with van der Waals surface area (Å²) in [6.45, 7) is 3.40. The molecule has 35 heavy (non-hydrogen) atoms. The highest BCUT2D eigenvalue weighted by Gasteiger charge is 2.37. The van der Waals surface area contributed by atoms with Crippen LogP contribution in [-0.2, 0) is 11.3 Å². The van der Waals surface area contributed by atoms with Crippen LogP contribution in [0.15, 0.2) is 48.0 Å². The third kappa shape index (κ3) is 4.76. The van der Waals surface area contributed by atoms with Gasteiger partial charge in [0.15, 0.2) is 0 Å². The van der Waals surface area contributed by atoms with E-state index < -0.39 is 12.1 Å². The molecular weight excluding hydrogens is 488 g/mol. The van der Waals surface area contributed by atoms with E-state index in [1.165, 1.54) is 11.3 Å². The summed E-state index contributed by atoms with van der Waals surface area (Å²) in [4.78, 5) is 47.7. The minimum atomic E-state index is -0.790. The number of nitrogens with one attached hydrogen (secondary N) is 2. The Bertz CT molecular complexity index is 1230. The number of rotatable bonds is 5. The lowest BCUT2D eigenvalue weighted by molar-refractivity contribution is -0.134. The number of thiophene rings is 1. The highest BCUT2D eigenvalue weighted by atomic mass is 35.5. The van der Waals surface area contributed by atoms with E-state index in [9.17, 15) is 14.4 Å². The first-order chi connectivity index (χ1) is 16.9. The molecule has 0 aliphatic carbocycles. The lowest BCUT2D eigenvalue weighted by Crippen LogP contribution is -2.50. The molecule has 2 aliphatic heterocycles. The van der Waals surface area contributed by atoms with Gasteiger partial charge in [-0.3, -0.25) is 9.36 Å². The molecular formula is C24H25ClN6O3S. The number of halogens is 1. The zero-order valence-corrected chi connectivity index (χ0v) is 20.7. The minimum absolute atomic E-state index is 0.0447. The smallest absolute Gasteiger partial charge is 0.330 e. The van der Waals surface area contributed by atoms with Crippen LogP contribution in [0.4, 0.5) is 15.3 Å². The molecule has 182 valence electrons. The van der Waals surface area contributed by atoms with Crippen LogP contribution in [0.1, 0.15) is 35.3 Å². The monoisotopic (exact) mass is 512 g/mol. The van der Waals surface area contributed by atoms with E-state index in [0.717, 1.165) is 10.6 Å². The van der Waals surface area contributed by atoms with E-state index in [-0.39, 0.29) is 18.0 Å². The highest BCUT2D eigenvalue weighted by molar-refractivity contribution is 7.10. The number of urea groups is 1. The molecule has 1 unspecified atom stereocenters. The summed E-state index contributed by atoms with van der Waals surface area (Å²) in [5.74, 6) is 0.540. The second-order valence-corrected chi connectivity index (χ2v) is 10.1. The van der Waals surface area contributed by atoms with Crippen LogP contribution in [0, 0.1) is 6.92 Å². The standard InChI is InChI=1S/C24H25ClN6O3S/c1-15-26-13-19-14-30(24(34)31(15)19)18-8-10-29(11-9-18)22(32)21(20-3-2-12-35-20)28-23(33)27-17-6-4-16(25)5-7-17/h2-7,12-13,18,21H,8-11,14H2,1H3,(H2,27,28,33). The van der Waals surface area contributed by atoms with Gasteiger partial charge < -0.3 is 20.4 Å². The van der Waals surface area contributed by atoms with Gasteiger partial charge in [-0.15, -0.1) is 11.3 Å². The van der Waals surface area contributed by atoms with Gasteiger partial charge in [-0.05, 0) is 55.5 Å². The number of benzene rings is 1. The van der Waals surface area contributed by atoms with Gasteiger partial charge >= 0.3 is 12.1 Å². The zero-order valence-electron chi connectivity index (χ0n) is 19.1. The molecule has 3 aromatic rings. The van der Waals surface area contributed by atoms with E-state index in [1.54, 1.807) is 39.9 Å². The van der Waals surface area contributed by atoms with Crippen molar-refractivity contribution in [3.8, 4) is 0 Å². The maximum absolute atomic E-state index is 13.5. The summed E-state index contributed by atoms with van der Waals surface area (Å²) in [6, 6.07) is 9.22. The Morgan fingerprint density at radius 3 is 2.57 bits per heavy atom. The Balaban J connectivity index is 1.22. The van der Waals surface area contributed by atoms with E-state index in [4.69, 9.17) is 11.6 Å². The number of hydrogen-bond acceptors (Lipinski definition) is 5. The number of anilines is 1. The first kappa shape index (κ1) is 23.4. The highest BCUT2D eigenvalue weighted by Crippen LogP contribution is 2.28. The van der Waals surface area contributed by atoms with Crippen LogP contribution in [0.2, 0.25) is 5.02 Å². The van der Waals surface area contributed by atoms with Gasteiger partial charge in [-0.2, -0.15) is 0 Å². The van der Waals surface area contributed by atoms with Crippen LogP contribution < -0.4 is 10.6 Å². The van der Waals surface area contributed by atoms with Gasteiger partial charge in [0.1, 0.15) is 11.9 Å². The largest absolute Gasteiger partial charge is 0.340 e. The molecule has 9 nitrogen and oxygen atoms in total. The lowest BCUT2D eigenvalue weighted by Gasteiger charge is -2.37. The summed E-state index contributed by atoms with van der Waals surface area (Å²) < 4.78 is 1.66. The second kappa shape index (κ2) is 9.71. The molecule has 2 N–H and O–H groups in total. The third-order valence-electron chi connectivity index (χ3n) is 6.45. The van der Waals surface area contributed by atoms with Crippen LogP contribution in [0.5, 0.6) is 0 Å². The van der Waals surface area contributed by atoms with Crippen molar-refractivity contribution in [3.05, 3.63) is 69.4 Å². The van der Waals surface area contributed by atoms with E-state index in [2.05, 4.69) is 15.6 Å². The molecule has 1 atom stereocenters. The van der Waals surface area contributed by atoms with Crippen LogP contribution in [0.25, 0.3) is 0 Å². The summed E-state index contributed by atoms with van der Waals surface area (Å²) >= 11 is 7.33. The predicted octanol–water partition coefficient (Wildman–Crippen LogP) is 4.24. The predicted molar refractivity (Wildman–Crippen MR) is 134 cm³/mol. The molecule has 0 radical (unpaired) electrons. The number of piperidine rings is 1. The first-order valence-electron chi connectivity index (χ1n) is 11.4. The number of likely N-dealkylation sites (tertiary alicyclic amines) is 1. The Labute approximate surface area is 211 Å². The molecule has 2 aromatic heterocycles. The maximum atomic E-state index is 13.5. The number of amides is 4. The molecule has 4 amide bonds. The molecule has 1 fully saturated rings. The number of nitrogens with zero attached hydrogens (tertiary/aromatic N) is 4. The number of fused-ring (bicyclic) bond motifs is 1. The molecule has 1 aromatic carbocycles. The topological polar surface area (TPSA) is 99.6 Å². The first-order valence-corrected chi connectivity index (χ1v) is 12.7. The number of aromatic nitrogens is 2. The van der Waals surface area contributed by atoms with E-state index in [1.807, 2.05) is 29.3 Å². The number of hydrogen-bond donors (Lipinski definition) is 2. The van der Waals surface area contributed by atoms with Crippen molar-refractivity contribution >= 4 is 46.6 Å². The Morgan fingerprint density at radius 2 is 1.91 bits per heavy atom. The van der Waals surface area contributed by atoms with Crippen molar-refractivity contribution in [1.82, 2.24) is 24.7 Å². The number of carbonyl (C=O) groups is 3. The van der Waals surface area contributed by atoms with Gasteiger partial charge in [0, 0.05) is 34.7 Å². The summed E-state index contributed by atoms with van der Waals surface area (Å²) in [7, 11) is 0. The van der Waals surface area contributed by atoms with Gasteiger partial charge in [0.2, 0.25) is 0 Å². The molecule has 1 saturated heterocycles. The van der Waals surface area contributed by atoms with Crippen molar-refractivity contribution in [2.45, 2.75) is 38.4 Å². The van der Waals surface area contributed by atoms with Crippen molar-refractivity contribution in [2.75, 3.05) is 18.4 Å². The van der Waals surface area contributed by atoms with Crippen LogP contribution in [0.3, 0.4) is 0 Å². The normalized spacial score (nSPS) is 16.8. The average molecular weight is 513 g/mol. The molecule has 11 heteroatoms. The van der Waals surface area contributed by atoms with Gasteiger partial charge in [-0.1, -0.05) is 17.7 Å². The lowest BCUT2D eigenvalue weighted by atomic mass is 10.0. The number of aryl methyl sites for hydroxylation is 1. The third-order valence-corrected chi connectivity index (χ3v) is 7.64. The zero-order chi connectivity index (χ0) is 24.5. The van der Waals surface area contributed by atoms with E-state index >= 15 is 0 Å². The van der Waals surface area contributed by atoms with Gasteiger partial charge in [0.25, 0.3) is 5.91 Å². The molecule has 2 aliphatic rings. The minimum Gasteiger partial charge on any atom is -0.340 e. The van der Waals surface area contributed by atoms with Gasteiger partial charge in [-0.25, -0.2) is 14.6 Å². The fourth-order valence-electron chi connectivity index (χ4n) is 4.64. The number of carbonyl (C=O) groups excluding carboxylic acids is 3. The van der Waals surface area contributed by atoms with Crippen LogP contribution in [-0.4, -0.2) is 56.5 Å². The molecule has 0 spiro atoms. The van der Waals surface area contributed by atoms with Crippen molar-refractivity contribution in [3.63, 3.8) is 0 Å². The Hall–Kier alpha value is -3.37. The molecule has 0 saturated carbocycles. The fourth-order valence-corrected chi connectivity index (χ4v) is 5.54. The fraction of sp³-hybridized carbons (Fsp3) is 0.333. The summed E-state index contributed by atoms with van der Waals surface area (Å²) in [6.07, 6.45) is 3.12. The summed E-state index contributed by atoms with van der Waals surface area (Å²) in [5.41, 5.74) is 1.48. The Kier molecular flexibility index (Phi) is 6.48. The molecule has 5 rings (SSSR count). The SMILES string of the molecule is Cc1ncc2n1C(=O)N(C1CCN(C(=O)C(NC(=O)Nc3ccc(Cl)cc3)c3cccs3)CC1)C2. The molecule has 0 bridgehead atoms. The second-order valence-electron chi connectivity index (χ2n) is 8.65. The van der Waals surface area contributed by atoms with Crippen molar-refractivity contribution < 1.29 is 14.4 Å². The quantitative estimate of drug-likeness (QED) is 0.534. The maximum Gasteiger partial charge on any atom is 0.330 e. The van der Waals surface area contributed by atoms with Crippen molar-refractivity contribution in [1.29, 1.82) is 0 Å². The van der Waals surface area contributed by atoms with Crippen LogP contribution >= 0.6 is 22.9 Å². The van der Waals surface area contributed by atoms with E-state index in [0.29, 0.717) is 49.0 Å². The van der Waals surface area contributed by atoms with Gasteiger partial charge in [0.05, 0.1) is 18.4 Å².